The van der Waals surface area contributed by atoms with E-state index in [0.717, 1.165) is 31.2 Å². The maximum Gasteiger partial charge on any atom is 0.237 e. The summed E-state index contributed by atoms with van der Waals surface area (Å²) in [7, 11) is 0. The molecule has 0 bridgehead atoms. The number of nitrogens with one attached hydrogen (secondary N) is 1. The van der Waals surface area contributed by atoms with Crippen molar-refractivity contribution in [2.24, 2.45) is 11.7 Å². The third-order valence-corrected chi connectivity index (χ3v) is 4.43. The molecular formula is C17H26N2O2. The molecule has 0 aromatic heterocycles. The highest BCUT2D eigenvalue weighted by atomic mass is 16.3. The number of aliphatic hydroxyl groups is 1. The summed E-state index contributed by atoms with van der Waals surface area (Å²) >= 11 is 0. The third kappa shape index (κ3) is 4.83. The van der Waals surface area contributed by atoms with Crippen molar-refractivity contribution >= 4 is 5.91 Å². The Bertz CT molecular complexity index is 453. The van der Waals surface area contributed by atoms with Gasteiger partial charge in [-0.2, -0.15) is 0 Å². The maximum absolute atomic E-state index is 12.0. The molecule has 4 N–H and O–H groups in total. The smallest absolute Gasteiger partial charge is 0.237 e. The molecule has 0 aliphatic heterocycles. The first-order valence-corrected chi connectivity index (χ1v) is 7.78. The van der Waals surface area contributed by atoms with Crippen LogP contribution in [-0.4, -0.2) is 29.2 Å². The minimum absolute atomic E-state index is 0.189. The monoisotopic (exact) mass is 290 g/mol. The minimum Gasteiger partial charge on any atom is -0.388 e. The second-order valence-electron chi connectivity index (χ2n) is 6.42. The number of amides is 1. The molecule has 2 rings (SSSR count). The van der Waals surface area contributed by atoms with Gasteiger partial charge in [0.15, 0.2) is 0 Å². The summed E-state index contributed by atoms with van der Waals surface area (Å²) in [5.74, 6) is 0.479. The molecule has 0 radical (unpaired) electrons. The Hall–Kier alpha value is -1.39. The topological polar surface area (TPSA) is 75.3 Å². The molecule has 0 unspecified atom stereocenters. The van der Waals surface area contributed by atoms with Crippen LogP contribution in [0.2, 0.25) is 0 Å². The first-order valence-electron chi connectivity index (χ1n) is 7.78. The van der Waals surface area contributed by atoms with E-state index in [1.807, 2.05) is 30.3 Å². The SMILES string of the molecule is CC1CCC(O)(CNC(=O)[C@@H](N)Cc2ccccc2)CC1. The van der Waals surface area contributed by atoms with Gasteiger partial charge in [-0.05, 0) is 43.6 Å². The molecule has 1 amide bonds. The Labute approximate surface area is 126 Å². The normalized spacial score (nSPS) is 27.1. The molecule has 21 heavy (non-hydrogen) atoms. The number of carbonyl (C=O) groups excluding carboxylic acids is 1. The van der Waals surface area contributed by atoms with E-state index in [4.69, 9.17) is 5.73 Å². The molecule has 1 aromatic rings. The van der Waals surface area contributed by atoms with Crippen molar-refractivity contribution in [1.82, 2.24) is 5.32 Å². The first-order chi connectivity index (χ1) is 9.98. The summed E-state index contributed by atoms with van der Waals surface area (Å²) in [4.78, 5) is 12.0. The molecule has 1 aliphatic carbocycles. The average Bonchev–Trinajstić information content (AvgIpc) is 2.49. The van der Waals surface area contributed by atoms with Crippen molar-refractivity contribution in [2.75, 3.05) is 6.54 Å². The van der Waals surface area contributed by atoms with Crippen LogP contribution in [0, 0.1) is 5.92 Å². The van der Waals surface area contributed by atoms with Gasteiger partial charge >= 0.3 is 0 Å². The Kier molecular flexibility index (Phi) is 5.37. The molecule has 1 saturated carbocycles. The molecule has 116 valence electrons. The summed E-state index contributed by atoms with van der Waals surface area (Å²) < 4.78 is 0. The zero-order valence-corrected chi connectivity index (χ0v) is 12.7. The Balaban J connectivity index is 1.78. The molecule has 1 atom stereocenters. The van der Waals surface area contributed by atoms with Gasteiger partial charge in [-0.1, -0.05) is 37.3 Å². The number of rotatable bonds is 5. The predicted molar refractivity (Wildman–Crippen MR) is 83.7 cm³/mol. The summed E-state index contributed by atoms with van der Waals surface area (Å²) in [6, 6.07) is 9.16. The number of hydrogen-bond donors (Lipinski definition) is 3. The summed E-state index contributed by atoms with van der Waals surface area (Å²) in [5, 5.41) is 13.3. The van der Waals surface area contributed by atoms with Crippen molar-refractivity contribution in [2.45, 2.75) is 50.7 Å². The van der Waals surface area contributed by atoms with Crippen molar-refractivity contribution in [3.05, 3.63) is 35.9 Å². The molecule has 0 spiro atoms. The van der Waals surface area contributed by atoms with Crippen molar-refractivity contribution in [3.63, 3.8) is 0 Å². The molecule has 0 saturated heterocycles. The van der Waals surface area contributed by atoms with Crippen LogP contribution in [0.1, 0.15) is 38.2 Å². The second-order valence-corrected chi connectivity index (χ2v) is 6.42. The van der Waals surface area contributed by atoms with E-state index >= 15 is 0 Å². The standard InChI is InChI=1S/C17H26N2O2/c1-13-7-9-17(21,10-8-13)12-19-16(20)15(18)11-14-5-3-2-4-6-14/h2-6,13,15,21H,7-12,18H2,1H3,(H,19,20)/t13?,15-,17?/m0/s1. The zero-order chi connectivity index (χ0) is 15.3. The fraction of sp³-hybridized carbons (Fsp3) is 0.588. The lowest BCUT2D eigenvalue weighted by Gasteiger charge is -2.35. The number of hydrogen-bond acceptors (Lipinski definition) is 3. The van der Waals surface area contributed by atoms with Gasteiger partial charge in [0.1, 0.15) is 0 Å². The van der Waals surface area contributed by atoms with Crippen LogP contribution < -0.4 is 11.1 Å². The quantitative estimate of drug-likeness (QED) is 0.771. The highest BCUT2D eigenvalue weighted by molar-refractivity contribution is 5.81. The van der Waals surface area contributed by atoms with Gasteiger partial charge in [0.05, 0.1) is 11.6 Å². The summed E-state index contributed by atoms with van der Waals surface area (Å²) in [6.45, 7) is 2.51. The highest BCUT2D eigenvalue weighted by Crippen LogP contribution is 2.31. The van der Waals surface area contributed by atoms with Gasteiger partial charge in [-0.3, -0.25) is 4.79 Å². The van der Waals surface area contributed by atoms with Crippen LogP contribution in [-0.2, 0) is 11.2 Å². The van der Waals surface area contributed by atoms with Crippen LogP contribution in [0.5, 0.6) is 0 Å². The fourth-order valence-corrected chi connectivity index (χ4v) is 2.82. The second kappa shape index (κ2) is 7.05. The number of carbonyl (C=O) groups is 1. The largest absolute Gasteiger partial charge is 0.388 e. The van der Waals surface area contributed by atoms with Crippen LogP contribution in [0.25, 0.3) is 0 Å². The average molecular weight is 290 g/mol. The molecule has 0 heterocycles. The fourth-order valence-electron chi connectivity index (χ4n) is 2.82. The lowest BCUT2D eigenvalue weighted by molar-refractivity contribution is -0.124. The van der Waals surface area contributed by atoms with Crippen molar-refractivity contribution in [1.29, 1.82) is 0 Å². The summed E-state index contributed by atoms with van der Waals surface area (Å²) in [5.41, 5.74) is 6.23. The lowest BCUT2D eigenvalue weighted by atomic mass is 9.79. The molecule has 4 heteroatoms. The Morgan fingerprint density at radius 2 is 2.00 bits per heavy atom. The van der Waals surface area contributed by atoms with E-state index < -0.39 is 11.6 Å². The van der Waals surface area contributed by atoms with Crippen molar-refractivity contribution < 1.29 is 9.90 Å². The highest BCUT2D eigenvalue weighted by Gasteiger charge is 2.32. The number of benzene rings is 1. The van der Waals surface area contributed by atoms with E-state index in [1.165, 1.54) is 0 Å². The molecule has 1 aliphatic rings. The van der Waals surface area contributed by atoms with Gasteiger partial charge in [-0.15, -0.1) is 0 Å². The van der Waals surface area contributed by atoms with Gasteiger partial charge in [-0.25, -0.2) is 0 Å². The van der Waals surface area contributed by atoms with E-state index in [1.54, 1.807) is 0 Å². The first kappa shape index (κ1) is 16.0. The molecular weight excluding hydrogens is 264 g/mol. The van der Waals surface area contributed by atoms with Gasteiger partial charge in [0, 0.05) is 6.54 Å². The number of nitrogens with two attached hydrogens (primary N) is 1. The van der Waals surface area contributed by atoms with E-state index in [-0.39, 0.29) is 5.91 Å². The van der Waals surface area contributed by atoms with Crippen LogP contribution in [0.4, 0.5) is 0 Å². The molecule has 1 fully saturated rings. The lowest BCUT2D eigenvalue weighted by Crippen LogP contribution is -2.50. The van der Waals surface area contributed by atoms with Crippen LogP contribution >= 0.6 is 0 Å². The Morgan fingerprint density at radius 1 is 1.38 bits per heavy atom. The van der Waals surface area contributed by atoms with Gasteiger partial charge in [0.2, 0.25) is 5.91 Å². The Morgan fingerprint density at radius 3 is 2.62 bits per heavy atom. The van der Waals surface area contributed by atoms with E-state index in [0.29, 0.717) is 18.9 Å². The van der Waals surface area contributed by atoms with Gasteiger partial charge < -0.3 is 16.2 Å². The molecule has 1 aromatic carbocycles. The van der Waals surface area contributed by atoms with Crippen LogP contribution in [0.15, 0.2) is 30.3 Å². The van der Waals surface area contributed by atoms with E-state index in [9.17, 15) is 9.90 Å². The van der Waals surface area contributed by atoms with E-state index in [2.05, 4.69) is 12.2 Å². The molecule has 4 nitrogen and oxygen atoms in total. The van der Waals surface area contributed by atoms with Crippen LogP contribution in [0.3, 0.4) is 0 Å². The minimum atomic E-state index is -0.755. The summed E-state index contributed by atoms with van der Waals surface area (Å²) in [6.07, 6.45) is 4.05. The van der Waals surface area contributed by atoms with Crippen molar-refractivity contribution in [3.8, 4) is 0 Å². The maximum atomic E-state index is 12.0. The predicted octanol–water partition coefficient (Wildman–Crippen LogP) is 1.61. The third-order valence-electron chi connectivity index (χ3n) is 4.43. The zero-order valence-electron chi connectivity index (χ0n) is 12.7. The van der Waals surface area contributed by atoms with Gasteiger partial charge in [0.25, 0.3) is 0 Å².